The molecular weight excluding hydrogens is 399 g/mol. The van der Waals surface area contributed by atoms with E-state index in [0.29, 0.717) is 6.42 Å². The molecule has 1 nitrogen and oxygen atoms in total. The van der Waals surface area contributed by atoms with Crippen LogP contribution in [0.2, 0.25) is 0 Å². The summed E-state index contributed by atoms with van der Waals surface area (Å²) < 4.78 is 2.84. The Morgan fingerprint density at radius 2 is 1.79 bits per heavy atom. The Morgan fingerprint density at radius 3 is 2.21 bits per heavy atom. The molecule has 0 radical (unpaired) electrons. The third-order valence-corrected chi connectivity index (χ3v) is 3.78. The van der Waals surface area contributed by atoms with E-state index in [4.69, 9.17) is 11.6 Å². The van der Waals surface area contributed by atoms with E-state index in [1.807, 2.05) is 12.1 Å². The van der Waals surface area contributed by atoms with Crippen LogP contribution >= 0.6 is 59.4 Å². The number of carbonyl (C=O) groups excluding carboxylic acids is 1. The number of carbonyl (C=O) groups is 1. The lowest BCUT2D eigenvalue weighted by Crippen LogP contribution is -2.05. The Morgan fingerprint density at radius 1 is 1.29 bits per heavy atom. The maximum Gasteiger partial charge on any atom is 0.138 e. The molecule has 0 amide bonds. The van der Waals surface area contributed by atoms with Gasteiger partial charge in [-0.3, -0.25) is 0 Å². The summed E-state index contributed by atoms with van der Waals surface area (Å²) in [6, 6.07) is 3.85. The van der Waals surface area contributed by atoms with Crippen molar-refractivity contribution >= 4 is 65.7 Å². The van der Waals surface area contributed by atoms with Gasteiger partial charge < -0.3 is 4.79 Å². The molecule has 0 N–H and O–H groups in total. The molecule has 1 aromatic carbocycles. The second-order valence-corrected chi connectivity index (χ2v) is 5.89. The minimum absolute atomic E-state index is 0.483. The van der Waals surface area contributed by atoms with E-state index in [2.05, 4.69) is 47.8 Å². The molecule has 0 spiro atoms. The van der Waals surface area contributed by atoms with E-state index in [1.54, 1.807) is 0 Å². The molecule has 1 atom stereocenters. The van der Waals surface area contributed by atoms with E-state index in [1.165, 1.54) is 0 Å². The topological polar surface area (TPSA) is 17.1 Å². The van der Waals surface area contributed by atoms with Crippen LogP contribution < -0.4 is 0 Å². The zero-order valence-corrected chi connectivity index (χ0v) is 12.5. The zero-order chi connectivity index (χ0) is 10.7. The lowest BCUT2D eigenvalue weighted by atomic mass is 10.1. The predicted molar refractivity (Wildman–Crippen MR) is 69.0 cm³/mol. The van der Waals surface area contributed by atoms with E-state index in [0.717, 1.165) is 25.3 Å². The quantitative estimate of drug-likeness (QED) is 0.541. The van der Waals surface area contributed by atoms with Gasteiger partial charge in [-0.2, -0.15) is 0 Å². The molecule has 76 valence electrons. The van der Waals surface area contributed by atoms with Crippen LogP contribution in [0.4, 0.5) is 0 Å². The summed E-state index contributed by atoms with van der Waals surface area (Å²) >= 11 is 16.0. The fraction of sp³-hybridized carbons (Fsp3) is 0.222. The Bertz CT molecular complexity index is 331. The van der Waals surface area contributed by atoms with E-state index in [-0.39, 0.29) is 0 Å². The van der Waals surface area contributed by atoms with Gasteiger partial charge in [0, 0.05) is 13.4 Å². The molecular formula is C9H6Br3ClO. The first-order valence-electron chi connectivity index (χ1n) is 3.77. The van der Waals surface area contributed by atoms with Crippen molar-refractivity contribution in [1.82, 2.24) is 0 Å². The second-order valence-electron chi connectivity index (χ2n) is 2.70. The molecule has 0 aliphatic heterocycles. The first kappa shape index (κ1) is 12.7. The summed E-state index contributed by atoms with van der Waals surface area (Å²) in [5, 5.41) is -0.483. The van der Waals surface area contributed by atoms with E-state index < -0.39 is 5.38 Å². The van der Waals surface area contributed by atoms with Gasteiger partial charge in [0.1, 0.15) is 6.29 Å². The highest BCUT2D eigenvalue weighted by Crippen LogP contribution is 2.31. The van der Waals surface area contributed by atoms with Crippen molar-refractivity contribution in [2.75, 3.05) is 0 Å². The van der Waals surface area contributed by atoms with Gasteiger partial charge in [-0.15, -0.1) is 11.6 Å². The van der Waals surface area contributed by atoms with Crippen LogP contribution in [0.25, 0.3) is 0 Å². The van der Waals surface area contributed by atoms with Crippen molar-refractivity contribution in [1.29, 1.82) is 0 Å². The Balaban J connectivity index is 3.02. The second kappa shape index (κ2) is 5.64. The van der Waals surface area contributed by atoms with Crippen LogP contribution in [0.3, 0.4) is 0 Å². The molecule has 0 heterocycles. The number of hydrogen-bond donors (Lipinski definition) is 0. The summed E-state index contributed by atoms with van der Waals surface area (Å²) in [5.41, 5.74) is 1.00. The van der Waals surface area contributed by atoms with Crippen molar-refractivity contribution < 1.29 is 4.79 Å². The van der Waals surface area contributed by atoms with Gasteiger partial charge >= 0.3 is 0 Å². The highest BCUT2D eigenvalue weighted by Gasteiger charge is 2.11. The average molecular weight is 405 g/mol. The van der Waals surface area contributed by atoms with Crippen LogP contribution in [-0.4, -0.2) is 11.7 Å². The number of rotatable bonds is 3. The molecule has 0 saturated carbocycles. The predicted octanol–water partition coefficient (Wildman–Crippen LogP) is 4.32. The first-order chi connectivity index (χ1) is 6.54. The summed E-state index contributed by atoms with van der Waals surface area (Å²) in [7, 11) is 0. The molecule has 0 saturated heterocycles. The minimum atomic E-state index is -0.483. The number of benzene rings is 1. The number of alkyl halides is 1. The standard InChI is InChI=1S/C9H6Br3ClO/c10-5-1-8(11)7(9(12)2-5)3-6(13)4-14/h1-2,4,6H,3H2. The number of aldehydes is 1. The van der Waals surface area contributed by atoms with Gasteiger partial charge in [-0.05, 0) is 24.1 Å². The van der Waals surface area contributed by atoms with E-state index in [9.17, 15) is 4.79 Å². The van der Waals surface area contributed by atoms with Crippen LogP contribution in [0, 0.1) is 0 Å². The minimum Gasteiger partial charge on any atom is -0.302 e. The maximum atomic E-state index is 10.4. The van der Waals surface area contributed by atoms with Gasteiger partial charge in [0.2, 0.25) is 0 Å². The van der Waals surface area contributed by atoms with Crippen LogP contribution in [0.1, 0.15) is 5.56 Å². The largest absolute Gasteiger partial charge is 0.302 e. The lowest BCUT2D eigenvalue weighted by molar-refractivity contribution is -0.107. The number of hydrogen-bond acceptors (Lipinski definition) is 1. The molecule has 1 rings (SSSR count). The normalized spacial score (nSPS) is 12.6. The van der Waals surface area contributed by atoms with Crippen molar-refractivity contribution in [2.45, 2.75) is 11.8 Å². The summed E-state index contributed by atoms with van der Waals surface area (Å²) in [4.78, 5) is 10.4. The van der Waals surface area contributed by atoms with Crippen LogP contribution in [-0.2, 0) is 11.2 Å². The smallest absolute Gasteiger partial charge is 0.138 e. The first-order valence-corrected chi connectivity index (χ1v) is 6.59. The Hall–Kier alpha value is 0.620. The average Bonchev–Trinajstić information content (AvgIpc) is 2.10. The fourth-order valence-electron chi connectivity index (χ4n) is 1.01. The molecule has 14 heavy (non-hydrogen) atoms. The third kappa shape index (κ3) is 3.33. The summed E-state index contributed by atoms with van der Waals surface area (Å²) in [6.07, 6.45) is 1.25. The van der Waals surface area contributed by atoms with Crippen molar-refractivity contribution in [3.05, 3.63) is 31.1 Å². The van der Waals surface area contributed by atoms with Crippen molar-refractivity contribution in [3.63, 3.8) is 0 Å². The van der Waals surface area contributed by atoms with Gasteiger partial charge in [-0.1, -0.05) is 47.8 Å². The van der Waals surface area contributed by atoms with Crippen molar-refractivity contribution in [2.24, 2.45) is 0 Å². The maximum absolute atomic E-state index is 10.4. The number of halogens is 4. The molecule has 5 heteroatoms. The highest BCUT2D eigenvalue weighted by atomic mass is 79.9. The molecule has 0 fully saturated rings. The monoisotopic (exact) mass is 402 g/mol. The molecule has 0 aliphatic rings. The molecule has 0 aliphatic carbocycles. The summed E-state index contributed by atoms with van der Waals surface area (Å²) in [6.45, 7) is 0. The molecule has 1 aromatic rings. The zero-order valence-electron chi connectivity index (χ0n) is 6.94. The van der Waals surface area contributed by atoms with Gasteiger partial charge in [-0.25, -0.2) is 0 Å². The van der Waals surface area contributed by atoms with E-state index >= 15 is 0 Å². The third-order valence-electron chi connectivity index (χ3n) is 1.65. The Kier molecular flexibility index (Phi) is 5.11. The summed E-state index contributed by atoms with van der Waals surface area (Å²) in [5.74, 6) is 0. The Labute approximate surface area is 113 Å². The molecule has 0 bridgehead atoms. The van der Waals surface area contributed by atoms with Crippen molar-refractivity contribution in [3.8, 4) is 0 Å². The van der Waals surface area contributed by atoms with Gasteiger partial charge in [0.25, 0.3) is 0 Å². The SMILES string of the molecule is O=CC(Cl)Cc1c(Br)cc(Br)cc1Br. The van der Waals surface area contributed by atoms with Gasteiger partial charge in [0.15, 0.2) is 0 Å². The molecule has 1 unspecified atom stereocenters. The van der Waals surface area contributed by atoms with Crippen LogP contribution in [0.5, 0.6) is 0 Å². The van der Waals surface area contributed by atoms with Crippen LogP contribution in [0.15, 0.2) is 25.6 Å². The molecule has 0 aromatic heterocycles. The van der Waals surface area contributed by atoms with Gasteiger partial charge in [0.05, 0.1) is 5.38 Å². The fourth-order valence-corrected chi connectivity index (χ4v) is 3.75. The highest BCUT2D eigenvalue weighted by molar-refractivity contribution is 9.11. The lowest BCUT2D eigenvalue weighted by Gasteiger charge is -2.08.